The lowest BCUT2D eigenvalue weighted by molar-refractivity contribution is 0.0376. The van der Waals surface area contributed by atoms with Crippen molar-refractivity contribution in [3.63, 3.8) is 0 Å². The Morgan fingerprint density at radius 1 is 1.13 bits per heavy atom. The van der Waals surface area contributed by atoms with Gasteiger partial charge in [-0.05, 0) is 33.7 Å². The fourth-order valence-corrected chi connectivity index (χ4v) is 4.11. The molecule has 0 amide bonds. The maximum atomic E-state index is 5.42. The predicted octanol–water partition coefficient (Wildman–Crippen LogP) is 1.20. The highest BCUT2D eigenvalue weighted by Gasteiger charge is 2.10. The summed E-state index contributed by atoms with van der Waals surface area (Å²) in [6.07, 6.45) is 1.95. The van der Waals surface area contributed by atoms with Crippen molar-refractivity contribution in [3.8, 4) is 0 Å². The standard InChI is InChI=1S/C20H34N8OS/c1-15-16(2)30-19(24-15)6-8-22-20(23-14-18-26-25-17(3)27(18)4)21-7-5-9-28-10-12-29-13-11-28/h5-14H2,1-4H3,(H2,21,22,23). The first-order valence-corrected chi connectivity index (χ1v) is 11.4. The van der Waals surface area contributed by atoms with Gasteiger partial charge < -0.3 is 19.9 Å². The van der Waals surface area contributed by atoms with Crippen LogP contribution >= 0.6 is 11.3 Å². The van der Waals surface area contributed by atoms with Gasteiger partial charge in [0.25, 0.3) is 0 Å². The molecule has 30 heavy (non-hydrogen) atoms. The third-order valence-electron chi connectivity index (χ3n) is 5.31. The first-order chi connectivity index (χ1) is 14.5. The van der Waals surface area contributed by atoms with Crippen LogP contribution in [0.5, 0.6) is 0 Å². The van der Waals surface area contributed by atoms with Crippen LogP contribution < -0.4 is 10.6 Å². The molecule has 1 fully saturated rings. The van der Waals surface area contributed by atoms with E-state index in [9.17, 15) is 0 Å². The number of aromatic nitrogens is 4. The maximum Gasteiger partial charge on any atom is 0.191 e. The van der Waals surface area contributed by atoms with Crippen molar-refractivity contribution in [3.05, 3.63) is 27.2 Å². The summed E-state index contributed by atoms with van der Waals surface area (Å²) in [6, 6.07) is 0. The Labute approximate surface area is 183 Å². The van der Waals surface area contributed by atoms with E-state index in [1.165, 1.54) is 4.88 Å². The Morgan fingerprint density at radius 3 is 2.57 bits per heavy atom. The van der Waals surface area contributed by atoms with E-state index in [1.807, 2.05) is 18.5 Å². The second kappa shape index (κ2) is 11.4. The van der Waals surface area contributed by atoms with Gasteiger partial charge in [0.05, 0.1) is 23.9 Å². The molecule has 0 aliphatic carbocycles. The van der Waals surface area contributed by atoms with Crippen molar-refractivity contribution < 1.29 is 4.74 Å². The minimum Gasteiger partial charge on any atom is -0.379 e. The number of thiazole rings is 1. The zero-order valence-electron chi connectivity index (χ0n) is 18.6. The van der Waals surface area contributed by atoms with E-state index in [0.29, 0.717) is 6.54 Å². The van der Waals surface area contributed by atoms with Crippen LogP contribution in [-0.2, 0) is 24.8 Å². The summed E-state index contributed by atoms with van der Waals surface area (Å²) in [7, 11) is 1.97. The molecule has 2 aromatic rings. The summed E-state index contributed by atoms with van der Waals surface area (Å²) in [4.78, 5) is 13.1. The van der Waals surface area contributed by atoms with E-state index in [0.717, 1.165) is 87.1 Å². The Kier molecular flexibility index (Phi) is 8.59. The van der Waals surface area contributed by atoms with Gasteiger partial charge in [-0.25, -0.2) is 9.98 Å². The molecule has 3 rings (SSSR count). The van der Waals surface area contributed by atoms with Gasteiger partial charge in [0.1, 0.15) is 12.4 Å². The summed E-state index contributed by atoms with van der Waals surface area (Å²) in [5, 5.41) is 16.4. The number of morpholine rings is 1. The van der Waals surface area contributed by atoms with E-state index in [4.69, 9.17) is 9.73 Å². The van der Waals surface area contributed by atoms with Gasteiger partial charge in [-0.3, -0.25) is 4.90 Å². The summed E-state index contributed by atoms with van der Waals surface area (Å²) >= 11 is 1.77. The lowest BCUT2D eigenvalue weighted by Crippen LogP contribution is -2.41. The Balaban J connectivity index is 1.50. The molecule has 0 bridgehead atoms. The van der Waals surface area contributed by atoms with Gasteiger partial charge in [0.2, 0.25) is 0 Å². The summed E-state index contributed by atoms with van der Waals surface area (Å²) in [5.74, 6) is 2.55. The van der Waals surface area contributed by atoms with Crippen LogP contribution in [0.15, 0.2) is 4.99 Å². The average Bonchev–Trinajstić information content (AvgIpc) is 3.24. The van der Waals surface area contributed by atoms with Crippen LogP contribution in [0.3, 0.4) is 0 Å². The summed E-state index contributed by atoms with van der Waals surface area (Å²) in [6.45, 7) is 13.1. The molecule has 0 unspecified atom stereocenters. The van der Waals surface area contributed by atoms with Gasteiger partial charge in [-0.2, -0.15) is 0 Å². The Morgan fingerprint density at radius 2 is 1.90 bits per heavy atom. The Bertz CT molecular complexity index is 805. The lowest BCUT2D eigenvalue weighted by Gasteiger charge is -2.26. The van der Waals surface area contributed by atoms with Crippen LogP contribution in [0.2, 0.25) is 0 Å². The lowest BCUT2D eigenvalue weighted by atomic mass is 10.3. The van der Waals surface area contributed by atoms with Crippen molar-refractivity contribution in [1.29, 1.82) is 0 Å². The first kappa shape index (κ1) is 22.6. The highest BCUT2D eigenvalue weighted by Crippen LogP contribution is 2.16. The van der Waals surface area contributed by atoms with Crippen molar-refractivity contribution in [2.45, 2.75) is 40.2 Å². The van der Waals surface area contributed by atoms with E-state index in [-0.39, 0.29) is 0 Å². The number of guanidine groups is 1. The number of rotatable bonds is 9. The number of aryl methyl sites for hydroxylation is 3. The number of nitrogens with zero attached hydrogens (tertiary/aromatic N) is 6. The van der Waals surface area contributed by atoms with Crippen LogP contribution in [0.1, 0.15) is 33.6 Å². The molecule has 10 heteroatoms. The second-order valence-corrected chi connectivity index (χ2v) is 8.84. The summed E-state index contributed by atoms with van der Waals surface area (Å²) in [5.41, 5.74) is 1.13. The number of nitrogens with one attached hydrogen (secondary N) is 2. The minimum atomic E-state index is 0.492. The van der Waals surface area contributed by atoms with E-state index >= 15 is 0 Å². The zero-order valence-corrected chi connectivity index (χ0v) is 19.4. The van der Waals surface area contributed by atoms with Crippen molar-refractivity contribution in [2.75, 3.05) is 45.9 Å². The number of hydrogen-bond acceptors (Lipinski definition) is 7. The summed E-state index contributed by atoms with van der Waals surface area (Å²) < 4.78 is 7.39. The van der Waals surface area contributed by atoms with Gasteiger partial charge in [0, 0.05) is 44.5 Å². The van der Waals surface area contributed by atoms with Crippen LogP contribution in [0, 0.1) is 20.8 Å². The molecule has 0 saturated carbocycles. The largest absolute Gasteiger partial charge is 0.379 e. The van der Waals surface area contributed by atoms with Crippen LogP contribution in [0.25, 0.3) is 0 Å². The molecule has 1 saturated heterocycles. The molecule has 0 atom stereocenters. The predicted molar refractivity (Wildman–Crippen MR) is 120 cm³/mol. The topological polar surface area (TPSA) is 92.5 Å². The SMILES string of the molecule is Cc1nc(CCNC(=NCc2nnc(C)n2C)NCCCN2CCOCC2)sc1C. The molecule has 0 spiro atoms. The van der Waals surface area contributed by atoms with Gasteiger partial charge in [-0.15, -0.1) is 21.5 Å². The molecule has 2 aromatic heterocycles. The third-order valence-corrected chi connectivity index (χ3v) is 6.45. The zero-order chi connectivity index (χ0) is 21.3. The van der Waals surface area contributed by atoms with Crippen molar-refractivity contribution in [2.24, 2.45) is 12.0 Å². The molecule has 2 N–H and O–H groups in total. The molecule has 9 nitrogen and oxygen atoms in total. The second-order valence-electron chi connectivity index (χ2n) is 7.55. The molecule has 3 heterocycles. The van der Waals surface area contributed by atoms with Gasteiger partial charge in [0.15, 0.2) is 11.8 Å². The van der Waals surface area contributed by atoms with E-state index in [1.54, 1.807) is 11.3 Å². The van der Waals surface area contributed by atoms with E-state index in [2.05, 4.69) is 44.6 Å². The molecule has 0 radical (unpaired) electrons. The molecule has 166 valence electrons. The monoisotopic (exact) mass is 434 g/mol. The van der Waals surface area contributed by atoms with Crippen molar-refractivity contribution >= 4 is 17.3 Å². The highest BCUT2D eigenvalue weighted by molar-refractivity contribution is 7.11. The fraction of sp³-hybridized carbons (Fsp3) is 0.700. The van der Waals surface area contributed by atoms with Gasteiger partial charge in [-0.1, -0.05) is 0 Å². The fourth-order valence-electron chi connectivity index (χ4n) is 3.18. The molecular formula is C20H34N8OS. The molecule has 1 aliphatic heterocycles. The average molecular weight is 435 g/mol. The van der Waals surface area contributed by atoms with Crippen molar-refractivity contribution in [1.82, 2.24) is 35.3 Å². The first-order valence-electron chi connectivity index (χ1n) is 10.6. The van der Waals surface area contributed by atoms with Crippen LogP contribution in [0.4, 0.5) is 0 Å². The number of aliphatic imine (C=N–C) groups is 1. The van der Waals surface area contributed by atoms with Crippen LogP contribution in [-0.4, -0.2) is 76.5 Å². The normalized spacial score (nSPS) is 15.5. The molecule has 1 aliphatic rings. The number of ether oxygens (including phenoxy) is 1. The maximum absolute atomic E-state index is 5.42. The van der Waals surface area contributed by atoms with Gasteiger partial charge >= 0.3 is 0 Å². The molecular weight excluding hydrogens is 400 g/mol. The van der Waals surface area contributed by atoms with E-state index < -0.39 is 0 Å². The highest BCUT2D eigenvalue weighted by atomic mass is 32.1. The third kappa shape index (κ3) is 6.75. The Hall–Kier alpha value is -2.04. The quantitative estimate of drug-likeness (QED) is 0.348. The number of hydrogen-bond donors (Lipinski definition) is 2. The minimum absolute atomic E-state index is 0.492. The molecule has 0 aromatic carbocycles. The smallest absolute Gasteiger partial charge is 0.191 e.